The zero-order chi connectivity index (χ0) is 10.0. The first-order valence-electron chi connectivity index (χ1n) is 3.57. The number of H-pyrrole nitrogens is 1. The van der Waals surface area contributed by atoms with Gasteiger partial charge >= 0.3 is 5.69 Å². The Bertz CT molecular complexity index is 443. The second-order valence-corrected chi connectivity index (χ2v) is 2.46. The summed E-state index contributed by atoms with van der Waals surface area (Å²) >= 11 is 0. The average molecular weight is 182 g/mol. The van der Waals surface area contributed by atoms with Crippen molar-refractivity contribution in [2.45, 2.75) is 6.54 Å². The summed E-state index contributed by atoms with van der Waals surface area (Å²) in [5.41, 5.74) is 9.36. The molecule has 1 heterocycles. The van der Waals surface area contributed by atoms with E-state index >= 15 is 0 Å². The van der Waals surface area contributed by atoms with Crippen LogP contribution in [-0.4, -0.2) is 9.55 Å². The summed E-state index contributed by atoms with van der Waals surface area (Å²) < 4.78 is 1.13. The number of aromatic nitrogens is 2. The molecule has 0 atom stereocenters. The number of aromatic amines is 1. The van der Waals surface area contributed by atoms with Crippen molar-refractivity contribution in [2.75, 3.05) is 11.5 Å². The number of nitrogen functional groups attached to an aromatic ring is 2. The molecule has 0 saturated heterocycles. The molecule has 6 nitrogen and oxygen atoms in total. The van der Waals surface area contributed by atoms with Crippen molar-refractivity contribution in [2.24, 2.45) is 0 Å². The Morgan fingerprint density at radius 2 is 2.08 bits per heavy atom. The summed E-state index contributed by atoms with van der Waals surface area (Å²) in [6.07, 6.45) is 1.48. The number of anilines is 2. The van der Waals surface area contributed by atoms with E-state index in [0.717, 1.165) is 4.57 Å². The van der Waals surface area contributed by atoms with E-state index < -0.39 is 11.2 Å². The van der Waals surface area contributed by atoms with Gasteiger partial charge in [0, 0.05) is 6.54 Å². The molecule has 0 spiro atoms. The molecule has 1 rings (SSSR count). The van der Waals surface area contributed by atoms with Gasteiger partial charge in [-0.05, 0) is 0 Å². The highest BCUT2D eigenvalue weighted by molar-refractivity contribution is 5.56. The van der Waals surface area contributed by atoms with Gasteiger partial charge in [0.15, 0.2) is 0 Å². The molecule has 0 aliphatic rings. The first-order chi connectivity index (χ1) is 6.07. The van der Waals surface area contributed by atoms with E-state index in [2.05, 4.69) is 6.58 Å². The number of nitrogens with one attached hydrogen (secondary N) is 1. The predicted octanol–water partition coefficient (Wildman–Crippen LogP) is -1.11. The summed E-state index contributed by atoms with van der Waals surface area (Å²) in [6, 6.07) is 0. The fraction of sp³-hybridized carbons (Fsp3) is 0.143. The lowest BCUT2D eigenvalue weighted by Gasteiger charge is -2.06. The van der Waals surface area contributed by atoms with Crippen molar-refractivity contribution in [3.05, 3.63) is 33.5 Å². The van der Waals surface area contributed by atoms with Crippen LogP contribution in [-0.2, 0) is 6.54 Å². The molecule has 0 amide bonds. The third-order valence-electron chi connectivity index (χ3n) is 1.59. The molecule has 13 heavy (non-hydrogen) atoms. The minimum Gasteiger partial charge on any atom is -0.391 e. The number of nitrogens with zero attached hydrogens (tertiary/aromatic N) is 1. The molecule has 5 N–H and O–H groups in total. The van der Waals surface area contributed by atoms with E-state index in [0.29, 0.717) is 0 Å². The fourth-order valence-electron chi connectivity index (χ4n) is 0.913. The zero-order valence-corrected chi connectivity index (χ0v) is 6.91. The standard InChI is InChI=1S/C7H10N4O2/c1-2-3-11-5(9)4(8)6(12)10-7(11)13/h2H,1,3,8-9H2,(H,10,12,13). The largest absolute Gasteiger partial charge is 0.391 e. The molecule has 0 aromatic carbocycles. The van der Waals surface area contributed by atoms with Crippen LogP contribution in [0.5, 0.6) is 0 Å². The highest BCUT2D eigenvalue weighted by atomic mass is 16.2. The molecule has 0 bridgehead atoms. The third kappa shape index (κ3) is 1.46. The Labute approximate surface area is 73.5 Å². The molecule has 0 unspecified atom stereocenters. The minimum absolute atomic E-state index is 0.0337. The van der Waals surface area contributed by atoms with Gasteiger partial charge in [0.25, 0.3) is 5.56 Å². The van der Waals surface area contributed by atoms with E-state index in [1.165, 1.54) is 6.08 Å². The number of hydrogen-bond acceptors (Lipinski definition) is 4. The lowest BCUT2D eigenvalue weighted by Crippen LogP contribution is -2.33. The zero-order valence-electron chi connectivity index (χ0n) is 6.91. The van der Waals surface area contributed by atoms with Gasteiger partial charge in [0.05, 0.1) is 0 Å². The Morgan fingerprint density at radius 3 is 2.62 bits per heavy atom. The fourth-order valence-corrected chi connectivity index (χ4v) is 0.913. The number of allylic oxidation sites excluding steroid dienone is 1. The number of rotatable bonds is 2. The van der Waals surface area contributed by atoms with Gasteiger partial charge < -0.3 is 11.5 Å². The topological polar surface area (TPSA) is 107 Å². The molecular formula is C7H10N4O2. The van der Waals surface area contributed by atoms with Crippen LogP contribution < -0.4 is 22.7 Å². The molecule has 1 aromatic heterocycles. The van der Waals surface area contributed by atoms with E-state index in [1.807, 2.05) is 4.98 Å². The van der Waals surface area contributed by atoms with Crippen LogP contribution in [0.4, 0.5) is 11.5 Å². The van der Waals surface area contributed by atoms with Crippen LogP contribution in [0.3, 0.4) is 0 Å². The van der Waals surface area contributed by atoms with Crippen molar-refractivity contribution in [3.8, 4) is 0 Å². The van der Waals surface area contributed by atoms with Crippen LogP contribution >= 0.6 is 0 Å². The summed E-state index contributed by atoms with van der Waals surface area (Å²) in [6.45, 7) is 3.66. The molecule has 0 aliphatic heterocycles. The van der Waals surface area contributed by atoms with Crippen molar-refractivity contribution in [3.63, 3.8) is 0 Å². The molecular weight excluding hydrogens is 172 g/mol. The second kappa shape index (κ2) is 3.18. The molecule has 0 fully saturated rings. The Morgan fingerprint density at radius 1 is 1.46 bits per heavy atom. The van der Waals surface area contributed by atoms with Gasteiger partial charge in [-0.25, -0.2) is 4.79 Å². The maximum atomic E-state index is 11.1. The van der Waals surface area contributed by atoms with Crippen LogP contribution in [0.2, 0.25) is 0 Å². The maximum absolute atomic E-state index is 11.1. The molecule has 0 radical (unpaired) electrons. The average Bonchev–Trinajstić information content (AvgIpc) is 2.09. The van der Waals surface area contributed by atoms with E-state index in [1.54, 1.807) is 0 Å². The summed E-state index contributed by atoms with van der Waals surface area (Å²) in [5, 5.41) is 0. The van der Waals surface area contributed by atoms with Gasteiger partial charge in [-0.2, -0.15) is 0 Å². The lowest BCUT2D eigenvalue weighted by molar-refractivity contribution is 0.752. The summed E-state index contributed by atoms with van der Waals surface area (Å²) in [4.78, 5) is 24.1. The normalized spacial score (nSPS) is 9.85. The van der Waals surface area contributed by atoms with Gasteiger partial charge in [0.1, 0.15) is 11.5 Å². The quantitative estimate of drug-likeness (QED) is 0.504. The van der Waals surface area contributed by atoms with Crippen molar-refractivity contribution >= 4 is 11.5 Å². The monoisotopic (exact) mass is 182 g/mol. The van der Waals surface area contributed by atoms with Gasteiger partial charge in [0.2, 0.25) is 0 Å². The van der Waals surface area contributed by atoms with Gasteiger partial charge in [-0.1, -0.05) is 6.08 Å². The first kappa shape index (κ1) is 9.11. The highest BCUT2D eigenvalue weighted by Crippen LogP contribution is 2.03. The van der Waals surface area contributed by atoms with E-state index in [4.69, 9.17) is 11.5 Å². The maximum Gasteiger partial charge on any atom is 0.330 e. The van der Waals surface area contributed by atoms with Crippen LogP contribution in [0.15, 0.2) is 22.2 Å². The van der Waals surface area contributed by atoms with Crippen LogP contribution in [0, 0.1) is 0 Å². The minimum atomic E-state index is -0.664. The molecule has 1 aromatic rings. The van der Waals surface area contributed by atoms with Gasteiger partial charge in [-0.3, -0.25) is 14.3 Å². The third-order valence-corrected chi connectivity index (χ3v) is 1.59. The van der Waals surface area contributed by atoms with Crippen LogP contribution in [0.25, 0.3) is 0 Å². The Balaban J connectivity index is 3.53. The van der Waals surface area contributed by atoms with Crippen molar-refractivity contribution in [1.29, 1.82) is 0 Å². The Hall–Kier alpha value is -1.98. The molecule has 70 valence electrons. The molecule has 6 heteroatoms. The highest BCUT2D eigenvalue weighted by Gasteiger charge is 2.06. The van der Waals surface area contributed by atoms with Gasteiger partial charge in [-0.15, -0.1) is 6.58 Å². The Kier molecular flexibility index (Phi) is 2.23. The number of nitrogens with two attached hydrogens (primary N) is 2. The summed E-state index contributed by atoms with van der Waals surface area (Å²) in [5.74, 6) is -0.0337. The SMILES string of the molecule is C=CCn1c(N)c(N)c(=O)[nH]c1=O. The van der Waals surface area contributed by atoms with Crippen LogP contribution in [0.1, 0.15) is 0 Å². The predicted molar refractivity (Wildman–Crippen MR) is 50.3 cm³/mol. The molecule has 0 saturated carbocycles. The lowest BCUT2D eigenvalue weighted by atomic mass is 10.4. The smallest absolute Gasteiger partial charge is 0.330 e. The molecule has 0 aliphatic carbocycles. The van der Waals surface area contributed by atoms with Crippen molar-refractivity contribution in [1.82, 2.24) is 9.55 Å². The first-order valence-corrected chi connectivity index (χ1v) is 3.57. The summed E-state index contributed by atoms with van der Waals surface area (Å²) in [7, 11) is 0. The van der Waals surface area contributed by atoms with E-state index in [9.17, 15) is 9.59 Å². The second-order valence-electron chi connectivity index (χ2n) is 2.46. The number of hydrogen-bond donors (Lipinski definition) is 3. The van der Waals surface area contributed by atoms with Crippen molar-refractivity contribution < 1.29 is 0 Å². The van der Waals surface area contributed by atoms with E-state index in [-0.39, 0.29) is 18.1 Å².